The second kappa shape index (κ2) is 10.3. The maximum Gasteiger partial charge on any atom is 0.573 e. The molecule has 3 aromatic rings. The van der Waals surface area contributed by atoms with E-state index < -0.39 is 6.36 Å². The van der Waals surface area contributed by atoms with E-state index in [0.29, 0.717) is 12.1 Å². The number of nitrogens with one attached hydrogen (secondary N) is 1. The first kappa shape index (κ1) is 22.7. The fraction of sp³-hybridized carbons (Fsp3) is 0.278. The highest BCUT2D eigenvalue weighted by molar-refractivity contribution is 14.0. The van der Waals surface area contributed by atoms with Gasteiger partial charge in [-0.3, -0.25) is 4.40 Å². The van der Waals surface area contributed by atoms with Crippen molar-refractivity contribution in [1.29, 1.82) is 0 Å². The van der Waals surface area contributed by atoms with Crippen LogP contribution in [-0.4, -0.2) is 33.5 Å². The lowest BCUT2D eigenvalue weighted by Crippen LogP contribution is -2.32. The number of nitrogens with zero attached hydrogens (tertiary/aromatic N) is 4. The quantitative estimate of drug-likeness (QED) is 0.216. The Hall–Kier alpha value is -2.57. The number of rotatable bonds is 7. The topological polar surface area (TPSA) is 89.8 Å². The van der Waals surface area contributed by atoms with Gasteiger partial charge in [0, 0.05) is 19.2 Å². The maximum atomic E-state index is 12.1. The van der Waals surface area contributed by atoms with Crippen LogP contribution in [0.1, 0.15) is 17.8 Å². The lowest BCUT2D eigenvalue weighted by molar-refractivity contribution is -0.274. The number of aliphatic imine (C=N–C) groups is 1. The van der Waals surface area contributed by atoms with E-state index in [1.165, 1.54) is 24.3 Å². The molecular formula is C18H20F3IN6O. The highest BCUT2D eigenvalue weighted by atomic mass is 127. The molecule has 0 fully saturated rings. The largest absolute Gasteiger partial charge is 0.573 e. The van der Waals surface area contributed by atoms with E-state index in [2.05, 4.69) is 25.2 Å². The smallest absolute Gasteiger partial charge is 0.406 e. The third kappa shape index (κ3) is 7.07. The number of alkyl halides is 3. The zero-order chi connectivity index (χ0) is 20.0. The zero-order valence-electron chi connectivity index (χ0n) is 15.3. The molecule has 0 saturated carbocycles. The van der Waals surface area contributed by atoms with Gasteiger partial charge in [-0.1, -0.05) is 18.2 Å². The Labute approximate surface area is 182 Å². The van der Waals surface area contributed by atoms with Crippen molar-refractivity contribution in [2.75, 3.05) is 6.54 Å². The molecule has 0 radical (unpaired) electrons. The van der Waals surface area contributed by atoms with Crippen molar-refractivity contribution in [1.82, 2.24) is 19.9 Å². The molecule has 0 atom stereocenters. The number of halogens is 4. The fourth-order valence-electron chi connectivity index (χ4n) is 2.55. The third-order valence-electron chi connectivity index (χ3n) is 3.86. The van der Waals surface area contributed by atoms with E-state index >= 15 is 0 Å². The van der Waals surface area contributed by atoms with E-state index in [1.807, 2.05) is 28.8 Å². The summed E-state index contributed by atoms with van der Waals surface area (Å²) in [6.07, 6.45) is -1.27. The molecule has 0 spiro atoms. The van der Waals surface area contributed by atoms with Gasteiger partial charge in [-0.15, -0.1) is 47.3 Å². The normalized spacial score (nSPS) is 11.9. The van der Waals surface area contributed by atoms with Crippen molar-refractivity contribution in [3.63, 3.8) is 0 Å². The number of fused-ring (bicyclic) bond motifs is 1. The van der Waals surface area contributed by atoms with Gasteiger partial charge < -0.3 is 15.8 Å². The second-order valence-electron chi connectivity index (χ2n) is 5.97. The van der Waals surface area contributed by atoms with Crippen LogP contribution in [0, 0.1) is 0 Å². The predicted molar refractivity (Wildman–Crippen MR) is 113 cm³/mol. The predicted octanol–water partition coefficient (Wildman–Crippen LogP) is 3.28. The van der Waals surface area contributed by atoms with Crippen molar-refractivity contribution in [2.45, 2.75) is 25.7 Å². The number of nitrogens with two attached hydrogens (primary N) is 1. The van der Waals surface area contributed by atoms with Crippen LogP contribution in [-0.2, 0) is 13.0 Å². The summed E-state index contributed by atoms with van der Waals surface area (Å²) >= 11 is 0. The fourth-order valence-corrected chi connectivity index (χ4v) is 2.55. The lowest BCUT2D eigenvalue weighted by Gasteiger charge is -2.09. The van der Waals surface area contributed by atoms with Gasteiger partial charge in [0.2, 0.25) is 0 Å². The number of pyridine rings is 1. The molecule has 3 rings (SSSR count). The highest BCUT2D eigenvalue weighted by Gasteiger charge is 2.30. The van der Waals surface area contributed by atoms with Gasteiger partial charge in [0.1, 0.15) is 11.6 Å². The van der Waals surface area contributed by atoms with Gasteiger partial charge in [0.25, 0.3) is 0 Å². The lowest BCUT2D eigenvalue weighted by atomic mass is 10.2. The third-order valence-corrected chi connectivity index (χ3v) is 3.86. The number of hydrogen-bond donors (Lipinski definition) is 2. The maximum absolute atomic E-state index is 12.1. The molecule has 0 aliphatic heterocycles. The zero-order valence-corrected chi connectivity index (χ0v) is 17.6. The van der Waals surface area contributed by atoms with Crippen LogP contribution in [0.2, 0.25) is 0 Å². The molecule has 3 N–H and O–H groups in total. The number of hydrogen-bond acceptors (Lipinski definition) is 4. The van der Waals surface area contributed by atoms with E-state index in [-0.39, 0.29) is 42.2 Å². The number of benzene rings is 1. The van der Waals surface area contributed by atoms with E-state index in [1.54, 1.807) is 0 Å². The van der Waals surface area contributed by atoms with Crippen LogP contribution in [0.25, 0.3) is 5.65 Å². The Balaban J connectivity index is 0.00000300. The van der Waals surface area contributed by atoms with Crippen LogP contribution in [0.15, 0.2) is 53.7 Å². The minimum absolute atomic E-state index is 0. The van der Waals surface area contributed by atoms with Gasteiger partial charge in [-0.25, -0.2) is 4.99 Å². The molecule has 0 bridgehead atoms. The molecule has 2 heterocycles. The number of aromatic nitrogens is 3. The summed E-state index contributed by atoms with van der Waals surface area (Å²) in [6, 6.07) is 11.2. The summed E-state index contributed by atoms with van der Waals surface area (Å²) in [5.74, 6) is 0.864. The SMILES string of the molecule is I.NC(=NCc1ccc(OC(F)(F)F)cc1)NCCCc1nnc2ccccn12. The van der Waals surface area contributed by atoms with Gasteiger partial charge in [0.15, 0.2) is 11.6 Å². The first-order valence-corrected chi connectivity index (χ1v) is 8.58. The number of aryl methyl sites for hydroxylation is 1. The first-order chi connectivity index (χ1) is 13.4. The molecule has 29 heavy (non-hydrogen) atoms. The molecule has 1 aromatic carbocycles. The Morgan fingerprint density at radius 1 is 1.14 bits per heavy atom. The molecular weight excluding hydrogens is 500 g/mol. The van der Waals surface area contributed by atoms with Crippen LogP contribution in [0.4, 0.5) is 13.2 Å². The molecule has 0 saturated heterocycles. The molecule has 0 amide bonds. The summed E-state index contributed by atoms with van der Waals surface area (Å²) in [6.45, 7) is 0.857. The summed E-state index contributed by atoms with van der Waals surface area (Å²) < 4.78 is 42.2. The van der Waals surface area contributed by atoms with Crippen LogP contribution in [0.3, 0.4) is 0 Å². The van der Waals surface area contributed by atoms with Crippen molar-refractivity contribution >= 4 is 35.6 Å². The molecule has 156 valence electrons. The summed E-state index contributed by atoms with van der Waals surface area (Å²) in [4.78, 5) is 4.17. The molecule has 0 aliphatic carbocycles. The number of ether oxygens (including phenoxy) is 1. The first-order valence-electron chi connectivity index (χ1n) is 8.58. The Morgan fingerprint density at radius 2 is 1.90 bits per heavy atom. The molecule has 11 heteroatoms. The van der Waals surface area contributed by atoms with Crippen LogP contribution >= 0.6 is 24.0 Å². The Morgan fingerprint density at radius 3 is 2.62 bits per heavy atom. The van der Waals surface area contributed by atoms with E-state index in [4.69, 9.17) is 5.73 Å². The summed E-state index contributed by atoms with van der Waals surface area (Å²) in [5.41, 5.74) is 7.34. The second-order valence-corrected chi connectivity index (χ2v) is 5.97. The van der Waals surface area contributed by atoms with E-state index in [0.717, 1.165) is 24.3 Å². The molecule has 0 aliphatic rings. The average Bonchev–Trinajstić information content (AvgIpc) is 3.07. The minimum atomic E-state index is -4.70. The monoisotopic (exact) mass is 520 g/mol. The average molecular weight is 520 g/mol. The van der Waals surface area contributed by atoms with Crippen LogP contribution < -0.4 is 15.8 Å². The van der Waals surface area contributed by atoms with Crippen molar-refractivity contribution < 1.29 is 17.9 Å². The standard InChI is InChI=1S/C18H19F3N6O.HI/c19-18(20,21)28-14-8-6-13(7-9-14)12-24-17(22)23-10-3-5-16-26-25-15-4-1-2-11-27(15)16;/h1-2,4,6-9,11H,3,5,10,12H2,(H3,22,23,24);1H. The van der Waals surface area contributed by atoms with E-state index in [9.17, 15) is 13.2 Å². The highest BCUT2D eigenvalue weighted by Crippen LogP contribution is 2.22. The van der Waals surface area contributed by atoms with Gasteiger partial charge in [-0.2, -0.15) is 0 Å². The Kier molecular flexibility index (Phi) is 8.05. The molecule has 7 nitrogen and oxygen atoms in total. The molecule has 0 unspecified atom stereocenters. The molecule has 2 aromatic heterocycles. The van der Waals surface area contributed by atoms with Crippen LogP contribution in [0.5, 0.6) is 5.75 Å². The van der Waals surface area contributed by atoms with Gasteiger partial charge in [0.05, 0.1) is 6.54 Å². The summed E-state index contributed by atoms with van der Waals surface area (Å²) in [7, 11) is 0. The van der Waals surface area contributed by atoms with Gasteiger partial charge in [-0.05, 0) is 36.2 Å². The number of guanidine groups is 1. The summed E-state index contributed by atoms with van der Waals surface area (Å²) in [5, 5.41) is 11.3. The Bertz CT molecular complexity index is 943. The minimum Gasteiger partial charge on any atom is -0.406 e. The van der Waals surface area contributed by atoms with Crippen molar-refractivity contribution in [3.05, 3.63) is 60.0 Å². The van der Waals surface area contributed by atoms with Crippen molar-refractivity contribution in [2.24, 2.45) is 10.7 Å². The van der Waals surface area contributed by atoms with Crippen molar-refractivity contribution in [3.8, 4) is 5.75 Å². The van der Waals surface area contributed by atoms with Gasteiger partial charge >= 0.3 is 6.36 Å².